The van der Waals surface area contributed by atoms with Gasteiger partial charge >= 0.3 is 0 Å². The number of aryl methyl sites for hydroxylation is 2. The summed E-state index contributed by atoms with van der Waals surface area (Å²) >= 11 is 0. The first-order valence-corrected chi connectivity index (χ1v) is 5.03. The first-order chi connectivity index (χ1) is 7.20. The minimum Gasteiger partial charge on any atom is -0.326 e. The molecule has 0 aliphatic rings. The largest absolute Gasteiger partial charge is 0.326 e. The Labute approximate surface area is 89.5 Å². The molecule has 0 aliphatic carbocycles. The third kappa shape index (κ3) is 1.92. The average Bonchev–Trinajstić information content (AvgIpc) is 2.64. The molecule has 2 N–H and O–H groups in total. The minimum absolute atomic E-state index is 0.538. The summed E-state index contributed by atoms with van der Waals surface area (Å²) in [7, 11) is 0. The van der Waals surface area contributed by atoms with Crippen LogP contribution in [0.15, 0.2) is 30.5 Å². The zero-order valence-corrected chi connectivity index (χ0v) is 9.07. The fourth-order valence-electron chi connectivity index (χ4n) is 1.65. The van der Waals surface area contributed by atoms with Gasteiger partial charge in [-0.05, 0) is 31.5 Å². The Morgan fingerprint density at radius 1 is 1.27 bits per heavy atom. The Bertz CT molecular complexity index is 471. The van der Waals surface area contributed by atoms with Gasteiger partial charge in [0.15, 0.2) is 0 Å². The van der Waals surface area contributed by atoms with E-state index in [1.165, 1.54) is 5.56 Å². The smallest absolute Gasteiger partial charge is 0.0690 e. The third-order valence-electron chi connectivity index (χ3n) is 2.42. The summed E-state index contributed by atoms with van der Waals surface area (Å²) < 4.78 is 1.87. The van der Waals surface area contributed by atoms with Crippen LogP contribution in [0.4, 0.5) is 0 Å². The normalized spacial score (nSPS) is 10.6. The fourth-order valence-corrected chi connectivity index (χ4v) is 1.65. The van der Waals surface area contributed by atoms with Crippen molar-refractivity contribution < 1.29 is 0 Å². The van der Waals surface area contributed by atoms with Crippen molar-refractivity contribution in [2.24, 2.45) is 5.73 Å². The molecule has 15 heavy (non-hydrogen) atoms. The van der Waals surface area contributed by atoms with Crippen molar-refractivity contribution in [3.8, 4) is 5.69 Å². The first kappa shape index (κ1) is 9.93. The average molecular weight is 201 g/mol. The van der Waals surface area contributed by atoms with E-state index in [4.69, 9.17) is 5.73 Å². The van der Waals surface area contributed by atoms with Gasteiger partial charge in [0, 0.05) is 12.7 Å². The van der Waals surface area contributed by atoms with Crippen molar-refractivity contribution in [1.29, 1.82) is 0 Å². The number of nitrogens with zero attached hydrogens (tertiary/aromatic N) is 2. The Kier molecular flexibility index (Phi) is 2.56. The van der Waals surface area contributed by atoms with Crippen molar-refractivity contribution in [3.05, 3.63) is 47.3 Å². The molecule has 0 bridgehead atoms. The van der Waals surface area contributed by atoms with Crippen molar-refractivity contribution in [2.75, 3.05) is 0 Å². The zero-order valence-electron chi connectivity index (χ0n) is 9.07. The van der Waals surface area contributed by atoms with Crippen LogP contribution in [-0.4, -0.2) is 9.78 Å². The van der Waals surface area contributed by atoms with Crippen molar-refractivity contribution in [1.82, 2.24) is 9.78 Å². The molecular weight excluding hydrogens is 186 g/mol. The molecule has 78 valence electrons. The van der Waals surface area contributed by atoms with Crippen molar-refractivity contribution in [2.45, 2.75) is 20.4 Å². The summed E-state index contributed by atoms with van der Waals surface area (Å²) in [4.78, 5) is 0. The van der Waals surface area contributed by atoms with Crippen LogP contribution in [0.1, 0.15) is 16.8 Å². The van der Waals surface area contributed by atoms with Crippen molar-refractivity contribution in [3.63, 3.8) is 0 Å². The summed E-state index contributed by atoms with van der Waals surface area (Å²) in [5.74, 6) is 0. The van der Waals surface area contributed by atoms with Crippen LogP contribution in [0.3, 0.4) is 0 Å². The van der Waals surface area contributed by atoms with Gasteiger partial charge < -0.3 is 5.73 Å². The number of aromatic nitrogens is 2. The van der Waals surface area contributed by atoms with E-state index >= 15 is 0 Å². The summed E-state index contributed by atoms with van der Waals surface area (Å²) in [5.41, 5.74) is 10.1. The van der Waals surface area contributed by atoms with Crippen LogP contribution in [-0.2, 0) is 6.54 Å². The fraction of sp³-hybridized carbons (Fsp3) is 0.250. The van der Waals surface area contributed by atoms with Gasteiger partial charge in [-0.1, -0.05) is 17.7 Å². The van der Waals surface area contributed by atoms with Gasteiger partial charge in [0.2, 0.25) is 0 Å². The van der Waals surface area contributed by atoms with Gasteiger partial charge in [-0.3, -0.25) is 0 Å². The number of nitrogens with two attached hydrogens (primary N) is 1. The van der Waals surface area contributed by atoms with Crippen molar-refractivity contribution >= 4 is 0 Å². The molecule has 0 fully saturated rings. The Morgan fingerprint density at radius 2 is 2.07 bits per heavy atom. The Balaban J connectivity index is 2.52. The Hall–Kier alpha value is -1.61. The molecule has 0 aliphatic heterocycles. The molecule has 1 heterocycles. The lowest BCUT2D eigenvalue weighted by Gasteiger charge is -2.08. The number of rotatable bonds is 2. The minimum atomic E-state index is 0.538. The summed E-state index contributed by atoms with van der Waals surface area (Å²) in [6.07, 6.45) is 1.96. The molecule has 3 heteroatoms. The molecule has 0 saturated carbocycles. The molecule has 0 spiro atoms. The van der Waals surface area contributed by atoms with Crippen LogP contribution in [0.2, 0.25) is 0 Å². The van der Waals surface area contributed by atoms with Crippen LogP contribution in [0, 0.1) is 13.8 Å². The van der Waals surface area contributed by atoms with Gasteiger partial charge in [-0.2, -0.15) is 5.10 Å². The molecular formula is C12H15N3. The molecule has 0 radical (unpaired) electrons. The summed E-state index contributed by atoms with van der Waals surface area (Å²) in [6.45, 7) is 4.58. The van der Waals surface area contributed by atoms with E-state index in [0.717, 1.165) is 16.9 Å². The Morgan fingerprint density at radius 3 is 2.67 bits per heavy atom. The summed E-state index contributed by atoms with van der Waals surface area (Å²) in [5, 5.41) is 4.38. The molecule has 3 nitrogen and oxygen atoms in total. The molecule has 1 aromatic carbocycles. The zero-order chi connectivity index (χ0) is 10.8. The molecule has 2 aromatic rings. The van der Waals surface area contributed by atoms with E-state index in [0.29, 0.717) is 6.54 Å². The highest BCUT2D eigenvalue weighted by molar-refractivity contribution is 5.42. The van der Waals surface area contributed by atoms with Gasteiger partial charge in [0.1, 0.15) is 0 Å². The molecule has 0 saturated heterocycles. The highest BCUT2D eigenvalue weighted by atomic mass is 15.3. The molecule has 1 aromatic heterocycles. The second kappa shape index (κ2) is 3.87. The van der Waals surface area contributed by atoms with E-state index in [-0.39, 0.29) is 0 Å². The topological polar surface area (TPSA) is 43.8 Å². The lowest BCUT2D eigenvalue weighted by atomic mass is 10.1. The lowest BCUT2D eigenvalue weighted by Crippen LogP contribution is -2.05. The van der Waals surface area contributed by atoms with Gasteiger partial charge in [-0.25, -0.2) is 4.68 Å². The van der Waals surface area contributed by atoms with Crippen LogP contribution in [0.25, 0.3) is 5.69 Å². The maximum Gasteiger partial charge on any atom is 0.0690 e. The number of hydrogen-bond donors (Lipinski definition) is 1. The molecule has 0 atom stereocenters. The van der Waals surface area contributed by atoms with E-state index in [9.17, 15) is 0 Å². The van der Waals surface area contributed by atoms with E-state index in [1.54, 1.807) is 0 Å². The second-order valence-electron chi connectivity index (χ2n) is 3.74. The van der Waals surface area contributed by atoms with E-state index in [2.05, 4.69) is 30.2 Å². The SMILES string of the molecule is Cc1ccc(-n2ccc(C)n2)c(CN)c1. The predicted octanol–water partition coefficient (Wildman–Crippen LogP) is 1.95. The maximum absolute atomic E-state index is 5.72. The number of benzene rings is 1. The van der Waals surface area contributed by atoms with Crippen LogP contribution in [0.5, 0.6) is 0 Å². The van der Waals surface area contributed by atoms with E-state index < -0.39 is 0 Å². The lowest BCUT2D eigenvalue weighted by molar-refractivity contribution is 0.843. The van der Waals surface area contributed by atoms with E-state index in [1.807, 2.05) is 23.9 Å². The van der Waals surface area contributed by atoms with Crippen LogP contribution >= 0.6 is 0 Å². The third-order valence-corrected chi connectivity index (χ3v) is 2.42. The molecule has 2 rings (SSSR count). The summed E-state index contributed by atoms with van der Waals surface area (Å²) in [6, 6.07) is 8.22. The maximum atomic E-state index is 5.72. The highest BCUT2D eigenvalue weighted by Gasteiger charge is 2.04. The van der Waals surface area contributed by atoms with Gasteiger partial charge in [-0.15, -0.1) is 0 Å². The number of hydrogen-bond acceptors (Lipinski definition) is 2. The quantitative estimate of drug-likeness (QED) is 0.807. The van der Waals surface area contributed by atoms with Gasteiger partial charge in [0.25, 0.3) is 0 Å². The molecule has 0 amide bonds. The molecule has 0 unspecified atom stereocenters. The van der Waals surface area contributed by atoms with Gasteiger partial charge in [0.05, 0.1) is 11.4 Å². The van der Waals surface area contributed by atoms with Crippen LogP contribution < -0.4 is 5.73 Å². The predicted molar refractivity (Wildman–Crippen MR) is 60.9 cm³/mol. The highest BCUT2D eigenvalue weighted by Crippen LogP contribution is 2.15. The second-order valence-corrected chi connectivity index (χ2v) is 3.74. The standard InChI is InChI=1S/C12H15N3/c1-9-3-4-12(11(7-9)8-13)15-6-5-10(2)14-15/h3-7H,8,13H2,1-2H3. The first-order valence-electron chi connectivity index (χ1n) is 5.03. The monoisotopic (exact) mass is 201 g/mol.